The molecule has 0 heterocycles. The standard InChI is InChI=1S/C7H6BBrO/c1-7(9)3-2-6(10)5(8)4-7/h2-4H,1H3. The van der Waals surface area contributed by atoms with Crippen molar-refractivity contribution in [3.8, 4) is 0 Å². The number of alkyl halides is 1. The quantitative estimate of drug-likeness (QED) is 0.422. The van der Waals surface area contributed by atoms with Crippen molar-refractivity contribution in [2.24, 2.45) is 0 Å². The van der Waals surface area contributed by atoms with Gasteiger partial charge in [-0.15, -0.1) is 0 Å². The summed E-state index contributed by atoms with van der Waals surface area (Å²) >= 11 is 3.36. The number of halogens is 1. The molecular weight excluding hydrogens is 191 g/mol. The molecule has 1 rings (SSSR count). The van der Waals surface area contributed by atoms with Crippen LogP contribution in [0.25, 0.3) is 0 Å². The summed E-state index contributed by atoms with van der Waals surface area (Å²) in [7, 11) is 5.38. The minimum atomic E-state index is -0.245. The Kier molecular flexibility index (Phi) is 1.86. The molecule has 0 N–H and O–H groups in total. The predicted molar refractivity (Wildman–Crippen MR) is 45.3 cm³/mol. The number of allylic oxidation sites excluding steroid dienone is 4. The van der Waals surface area contributed by atoms with E-state index in [0.717, 1.165) is 0 Å². The van der Waals surface area contributed by atoms with Gasteiger partial charge in [0.1, 0.15) is 7.85 Å². The molecule has 0 aromatic rings. The zero-order chi connectivity index (χ0) is 7.78. The molecule has 0 amide bonds. The molecule has 10 heavy (non-hydrogen) atoms. The highest BCUT2D eigenvalue weighted by Crippen LogP contribution is 2.25. The largest absolute Gasteiger partial charge is 0.291 e. The number of hydrogen-bond donors (Lipinski definition) is 0. The van der Waals surface area contributed by atoms with Gasteiger partial charge in [0.25, 0.3) is 0 Å². The zero-order valence-electron chi connectivity index (χ0n) is 5.60. The van der Waals surface area contributed by atoms with Gasteiger partial charge in [-0.25, -0.2) is 0 Å². The maximum atomic E-state index is 10.8. The lowest BCUT2D eigenvalue weighted by molar-refractivity contribution is -0.110. The normalized spacial score (nSPS) is 32.2. The van der Waals surface area contributed by atoms with Gasteiger partial charge in [-0.2, -0.15) is 0 Å². The van der Waals surface area contributed by atoms with Crippen molar-refractivity contribution in [1.82, 2.24) is 0 Å². The van der Waals surface area contributed by atoms with Gasteiger partial charge in [0.05, 0.1) is 4.32 Å². The Hall–Kier alpha value is -0.305. The van der Waals surface area contributed by atoms with Crippen LogP contribution in [-0.2, 0) is 4.79 Å². The average Bonchev–Trinajstić information content (AvgIpc) is 1.79. The fraction of sp³-hybridized carbons (Fsp3) is 0.286. The minimum Gasteiger partial charge on any atom is -0.291 e. The van der Waals surface area contributed by atoms with Crippen LogP contribution >= 0.6 is 15.9 Å². The van der Waals surface area contributed by atoms with E-state index in [9.17, 15) is 4.79 Å². The van der Waals surface area contributed by atoms with Crippen molar-refractivity contribution in [3.05, 3.63) is 23.7 Å². The van der Waals surface area contributed by atoms with Crippen molar-refractivity contribution >= 4 is 29.6 Å². The Morgan fingerprint density at radius 2 is 2.30 bits per heavy atom. The van der Waals surface area contributed by atoms with E-state index < -0.39 is 0 Å². The first-order chi connectivity index (χ1) is 4.51. The lowest BCUT2D eigenvalue weighted by atomic mass is 9.84. The molecular formula is C7H6BBrO. The maximum absolute atomic E-state index is 10.8. The summed E-state index contributed by atoms with van der Waals surface area (Å²) in [6, 6.07) is 0. The molecule has 2 radical (unpaired) electrons. The Morgan fingerprint density at radius 3 is 2.70 bits per heavy atom. The molecule has 0 aliphatic heterocycles. The van der Waals surface area contributed by atoms with E-state index in [0.29, 0.717) is 5.47 Å². The number of carbonyl (C=O) groups is 1. The molecule has 0 saturated heterocycles. The molecule has 0 aromatic heterocycles. The van der Waals surface area contributed by atoms with E-state index in [1.54, 1.807) is 12.2 Å². The number of hydrogen-bond acceptors (Lipinski definition) is 1. The van der Waals surface area contributed by atoms with Gasteiger partial charge in [0, 0.05) is 0 Å². The van der Waals surface area contributed by atoms with Crippen molar-refractivity contribution in [3.63, 3.8) is 0 Å². The second-order valence-corrected chi connectivity index (χ2v) is 4.16. The van der Waals surface area contributed by atoms with Crippen LogP contribution in [-0.4, -0.2) is 18.0 Å². The van der Waals surface area contributed by atoms with Crippen molar-refractivity contribution in [2.45, 2.75) is 11.2 Å². The molecule has 1 atom stereocenters. The second-order valence-electron chi connectivity index (χ2n) is 2.45. The molecule has 1 nitrogen and oxygen atoms in total. The van der Waals surface area contributed by atoms with Gasteiger partial charge in [-0.1, -0.05) is 33.6 Å². The Morgan fingerprint density at radius 1 is 1.70 bits per heavy atom. The average molecular weight is 197 g/mol. The fourth-order valence-electron chi connectivity index (χ4n) is 0.758. The SMILES string of the molecule is [B]C1=CC(C)(Br)C=CC1=O. The predicted octanol–water partition coefficient (Wildman–Crippen LogP) is 1.33. The highest BCUT2D eigenvalue weighted by molar-refractivity contribution is 9.10. The first-order valence-corrected chi connectivity index (χ1v) is 3.71. The van der Waals surface area contributed by atoms with Crippen molar-refractivity contribution in [1.29, 1.82) is 0 Å². The maximum Gasteiger partial charge on any atom is 0.171 e. The van der Waals surface area contributed by atoms with Crippen molar-refractivity contribution < 1.29 is 4.79 Å². The van der Waals surface area contributed by atoms with Gasteiger partial charge in [-0.3, -0.25) is 4.79 Å². The molecule has 3 heteroatoms. The van der Waals surface area contributed by atoms with Gasteiger partial charge >= 0.3 is 0 Å². The first kappa shape index (κ1) is 7.80. The molecule has 1 aliphatic carbocycles. The molecule has 1 aliphatic rings. The second kappa shape index (κ2) is 2.38. The summed E-state index contributed by atoms with van der Waals surface area (Å²) < 4.78 is -0.245. The molecule has 0 saturated carbocycles. The summed E-state index contributed by atoms with van der Waals surface area (Å²) in [5.41, 5.74) is 0.307. The van der Waals surface area contributed by atoms with Gasteiger partial charge in [0.2, 0.25) is 0 Å². The lowest BCUT2D eigenvalue weighted by Crippen LogP contribution is -2.16. The molecule has 50 valence electrons. The summed E-state index contributed by atoms with van der Waals surface area (Å²) in [5.74, 6) is -0.114. The van der Waals surface area contributed by atoms with E-state index in [1.807, 2.05) is 6.92 Å². The minimum absolute atomic E-state index is 0.114. The fourth-order valence-corrected chi connectivity index (χ4v) is 1.14. The Labute approximate surface area is 69.7 Å². The number of carbonyl (C=O) groups excluding carboxylic acids is 1. The van der Waals surface area contributed by atoms with E-state index >= 15 is 0 Å². The van der Waals surface area contributed by atoms with Crippen LogP contribution in [0.4, 0.5) is 0 Å². The third-order valence-electron chi connectivity index (χ3n) is 1.28. The third kappa shape index (κ3) is 1.60. The van der Waals surface area contributed by atoms with E-state index in [2.05, 4.69) is 15.9 Å². The summed E-state index contributed by atoms with van der Waals surface area (Å²) in [4.78, 5) is 10.8. The summed E-state index contributed by atoms with van der Waals surface area (Å²) in [6.45, 7) is 1.92. The topological polar surface area (TPSA) is 17.1 Å². The zero-order valence-corrected chi connectivity index (χ0v) is 7.18. The van der Waals surface area contributed by atoms with E-state index in [4.69, 9.17) is 7.85 Å². The van der Waals surface area contributed by atoms with Crippen LogP contribution in [0.3, 0.4) is 0 Å². The van der Waals surface area contributed by atoms with Crippen molar-refractivity contribution in [2.75, 3.05) is 0 Å². The van der Waals surface area contributed by atoms with Crippen LogP contribution < -0.4 is 0 Å². The van der Waals surface area contributed by atoms with E-state index in [-0.39, 0.29) is 10.1 Å². The van der Waals surface area contributed by atoms with Crippen LogP contribution in [0.2, 0.25) is 0 Å². The molecule has 0 fully saturated rings. The van der Waals surface area contributed by atoms with Crippen LogP contribution in [0, 0.1) is 0 Å². The van der Waals surface area contributed by atoms with Crippen LogP contribution in [0.15, 0.2) is 23.7 Å². The molecule has 0 bridgehead atoms. The Bertz CT molecular complexity index is 228. The summed E-state index contributed by atoms with van der Waals surface area (Å²) in [6.07, 6.45) is 4.94. The number of rotatable bonds is 0. The van der Waals surface area contributed by atoms with Gasteiger partial charge < -0.3 is 0 Å². The highest BCUT2D eigenvalue weighted by Gasteiger charge is 2.18. The Balaban J connectivity index is 2.95. The van der Waals surface area contributed by atoms with Crippen LogP contribution in [0.5, 0.6) is 0 Å². The van der Waals surface area contributed by atoms with Crippen LogP contribution in [0.1, 0.15) is 6.92 Å². The lowest BCUT2D eigenvalue weighted by Gasteiger charge is -2.17. The molecule has 0 aromatic carbocycles. The first-order valence-electron chi connectivity index (χ1n) is 2.92. The smallest absolute Gasteiger partial charge is 0.171 e. The molecule has 1 unspecified atom stereocenters. The van der Waals surface area contributed by atoms with Gasteiger partial charge in [-0.05, 0) is 13.0 Å². The number of ketones is 1. The highest BCUT2D eigenvalue weighted by atomic mass is 79.9. The molecule has 0 spiro atoms. The summed E-state index contributed by atoms with van der Waals surface area (Å²) in [5, 5.41) is 0. The third-order valence-corrected chi connectivity index (χ3v) is 1.78. The van der Waals surface area contributed by atoms with Gasteiger partial charge in [0.15, 0.2) is 5.78 Å². The monoisotopic (exact) mass is 196 g/mol. The van der Waals surface area contributed by atoms with E-state index in [1.165, 1.54) is 6.08 Å².